The lowest BCUT2D eigenvalue weighted by molar-refractivity contribution is -0.885. The topological polar surface area (TPSA) is 71.9 Å². The Morgan fingerprint density at radius 2 is 1.88 bits per heavy atom. The Balaban J connectivity index is 1.91. The predicted octanol–water partition coefficient (Wildman–Crippen LogP) is 1.83. The van der Waals surface area contributed by atoms with Crippen LogP contribution in [0.3, 0.4) is 0 Å². The second-order valence-corrected chi connectivity index (χ2v) is 6.40. The van der Waals surface area contributed by atoms with Gasteiger partial charge < -0.3 is 20.3 Å². The van der Waals surface area contributed by atoms with E-state index in [-0.39, 0.29) is 18.4 Å². The molecule has 2 atom stereocenters. The quantitative estimate of drug-likeness (QED) is 0.690. The van der Waals surface area contributed by atoms with Crippen molar-refractivity contribution < 1.29 is 19.2 Å². The number of para-hydroxylation sites is 1. The van der Waals surface area contributed by atoms with Gasteiger partial charge in [-0.3, -0.25) is 9.59 Å². The Bertz CT molecular complexity index is 782. The van der Waals surface area contributed by atoms with Gasteiger partial charge in [0, 0.05) is 11.8 Å². The molecule has 138 valence electrons. The summed E-state index contributed by atoms with van der Waals surface area (Å²) in [6, 6.07) is 13.7. The second kappa shape index (κ2) is 9.22. The van der Waals surface area contributed by atoms with Crippen LogP contribution in [0.15, 0.2) is 48.5 Å². The van der Waals surface area contributed by atoms with Crippen LogP contribution in [0.4, 0.5) is 11.4 Å². The van der Waals surface area contributed by atoms with Gasteiger partial charge in [0.2, 0.25) is 0 Å². The minimum atomic E-state index is -0.418. The summed E-state index contributed by atoms with van der Waals surface area (Å²) in [4.78, 5) is 25.4. The van der Waals surface area contributed by atoms with E-state index in [4.69, 9.17) is 16.3 Å². The zero-order chi connectivity index (χ0) is 19.1. The standard InChI is InChI=1S/C19H22ClN3O3/c1-13(19(25)21-14-7-6-8-15(11-14)26-3)23(2)12-18(24)22-17-10-5-4-9-16(17)20/h4-11,13H,12H2,1-3H3,(H,21,25)(H,22,24)/p+1/t13-/m1/s1. The van der Waals surface area contributed by atoms with E-state index in [1.165, 1.54) is 0 Å². The third-order valence-electron chi connectivity index (χ3n) is 4.06. The number of hydrogen-bond donors (Lipinski definition) is 3. The third kappa shape index (κ3) is 5.47. The van der Waals surface area contributed by atoms with Crippen molar-refractivity contribution >= 4 is 34.8 Å². The van der Waals surface area contributed by atoms with Gasteiger partial charge >= 0.3 is 0 Å². The number of rotatable bonds is 7. The van der Waals surface area contributed by atoms with Gasteiger partial charge in [0.25, 0.3) is 11.8 Å². The maximum absolute atomic E-state index is 12.4. The maximum Gasteiger partial charge on any atom is 0.282 e. The molecule has 0 aliphatic carbocycles. The molecule has 0 saturated heterocycles. The van der Waals surface area contributed by atoms with Crippen LogP contribution in [-0.4, -0.2) is 38.6 Å². The highest BCUT2D eigenvalue weighted by molar-refractivity contribution is 6.33. The van der Waals surface area contributed by atoms with Crippen molar-refractivity contribution in [2.45, 2.75) is 13.0 Å². The fourth-order valence-electron chi connectivity index (χ4n) is 2.34. The average Bonchev–Trinajstić information content (AvgIpc) is 2.63. The smallest absolute Gasteiger partial charge is 0.282 e. The Labute approximate surface area is 158 Å². The summed E-state index contributed by atoms with van der Waals surface area (Å²) in [6.07, 6.45) is 0. The fraction of sp³-hybridized carbons (Fsp3) is 0.263. The van der Waals surface area contributed by atoms with E-state index in [1.54, 1.807) is 69.6 Å². The number of hydrogen-bond acceptors (Lipinski definition) is 3. The zero-order valence-corrected chi connectivity index (χ0v) is 15.8. The molecular weight excluding hydrogens is 354 g/mol. The highest BCUT2D eigenvalue weighted by Crippen LogP contribution is 2.20. The lowest BCUT2D eigenvalue weighted by Gasteiger charge is -2.21. The van der Waals surface area contributed by atoms with E-state index in [1.807, 2.05) is 0 Å². The van der Waals surface area contributed by atoms with Gasteiger partial charge in [-0.05, 0) is 31.2 Å². The number of ether oxygens (including phenoxy) is 1. The molecule has 0 bridgehead atoms. The van der Waals surface area contributed by atoms with Crippen LogP contribution in [0.1, 0.15) is 6.92 Å². The van der Waals surface area contributed by atoms with E-state index < -0.39 is 6.04 Å². The summed E-state index contributed by atoms with van der Waals surface area (Å²) in [7, 11) is 3.36. The lowest BCUT2D eigenvalue weighted by Crippen LogP contribution is -3.14. The molecule has 0 aliphatic rings. The summed E-state index contributed by atoms with van der Waals surface area (Å²) in [6.45, 7) is 1.91. The number of anilines is 2. The Morgan fingerprint density at radius 1 is 1.15 bits per heavy atom. The van der Waals surface area contributed by atoms with Gasteiger partial charge in [0.15, 0.2) is 12.6 Å². The molecule has 6 nitrogen and oxygen atoms in total. The van der Waals surface area contributed by atoms with Crippen molar-refractivity contribution in [2.24, 2.45) is 0 Å². The van der Waals surface area contributed by atoms with Crippen molar-refractivity contribution in [1.29, 1.82) is 0 Å². The molecule has 2 aromatic carbocycles. The van der Waals surface area contributed by atoms with Gasteiger partial charge in [0.1, 0.15) is 5.75 Å². The molecule has 26 heavy (non-hydrogen) atoms. The van der Waals surface area contributed by atoms with E-state index >= 15 is 0 Å². The number of benzene rings is 2. The van der Waals surface area contributed by atoms with Crippen LogP contribution in [-0.2, 0) is 9.59 Å². The SMILES string of the molecule is COc1cccc(NC(=O)[C@@H](C)[NH+](C)CC(=O)Nc2ccccc2Cl)c1. The van der Waals surface area contributed by atoms with Crippen molar-refractivity contribution in [3.63, 3.8) is 0 Å². The minimum Gasteiger partial charge on any atom is -0.497 e. The third-order valence-corrected chi connectivity index (χ3v) is 4.39. The largest absolute Gasteiger partial charge is 0.497 e. The van der Waals surface area contributed by atoms with Crippen molar-refractivity contribution in [3.05, 3.63) is 53.6 Å². The lowest BCUT2D eigenvalue weighted by atomic mass is 10.2. The number of halogens is 1. The molecule has 0 aromatic heterocycles. The number of nitrogens with one attached hydrogen (secondary N) is 3. The Morgan fingerprint density at radius 3 is 2.58 bits per heavy atom. The summed E-state index contributed by atoms with van der Waals surface area (Å²) in [5.74, 6) is 0.271. The maximum atomic E-state index is 12.4. The molecule has 3 N–H and O–H groups in total. The number of amides is 2. The first-order valence-corrected chi connectivity index (χ1v) is 8.60. The molecule has 0 saturated carbocycles. The first kappa shape index (κ1) is 19.8. The van der Waals surface area contributed by atoms with Crippen LogP contribution in [0, 0.1) is 0 Å². The minimum absolute atomic E-state index is 0.137. The Hall–Kier alpha value is -2.57. The fourth-order valence-corrected chi connectivity index (χ4v) is 2.52. The second-order valence-electron chi connectivity index (χ2n) is 5.99. The van der Waals surface area contributed by atoms with Crippen LogP contribution in [0.5, 0.6) is 5.75 Å². The molecule has 7 heteroatoms. The zero-order valence-electron chi connectivity index (χ0n) is 15.0. The molecule has 0 radical (unpaired) electrons. The molecule has 2 amide bonds. The van der Waals surface area contributed by atoms with Gasteiger partial charge in [-0.25, -0.2) is 0 Å². The molecule has 2 rings (SSSR count). The highest BCUT2D eigenvalue weighted by Gasteiger charge is 2.24. The average molecular weight is 377 g/mol. The van der Waals surface area contributed by atoms with Crippen LogP contribution < -0.4 is 20.3 Å². The molecule has 2 aromatic rings. The number of quaternary nitrogens is 1. The van der Waals surface area contributed by atoms with E-state index in [9.17, 15) is 9.59 Å². The van der Waals surface area contributed by atoms with E-state index in [0.29, 0.717) is 22.1 Å². The van der Waals surface area contributed by atoms with E-state index in [0.717, 1.165) is 4.90 Å². The summed E-state index contributed by atoms with van der Waals surface area (Å²) < 4.78 is 5.14. The molecule has 0 heterocycles. The van der Waals surface area contributed by atoms with Crippen molar-refractivity contribution in [3.8, 4) is 5.75 Å². The molecule has 0 aliphatic heterocycles. The summed E-state index contributed by atoms with van der Waals surface area (Å²) in [5, 5.41) is 6.07. The predicted molar refractivity (Wildman–Crippen MR) is 103 cm³/mol. The van der Waals surface area contributed by atoms with Crippen LogP contribution in [0.25, 0.3) is 0 Å². The highest BCUT2D eigenvalue weighted by atomic mass is 35.5. The van der Waals surface area contributed by atoms with E-state index in [2.05, 4.69) is 10.6 Å². The van der Waals surface area contributed by atoms with Gasteiger partial charge in [-0.1, -0.05) is 29.8 Å². The monoisotopic (exact) mass is 376 g/mol. The van der Waals surface area contributed by atoms with Crippen LogP contribution >= 0.6 is 11.6 Å². The first-order chi connectivity index (χ1) is 12.4. The van der Waals surface area contributed by atoms with Gasteiger partial charge in [-0.15, -0.1) is 0 Å². The number of carbonyl (C=O) groups is 2. The molecule has 0 fully saturated rings. The van der Waals surface area contributed by atoms with Gasteiger partial charge in [0.05, 0.1) is 24.9 Å². The normalized spacial score (nSPS) is 12.8. The summed E-state index contributed by atoms with van der Waals surface area (Å²) in [5.41, 5.74) is 1.20. The van der Waals surface area contributed by atoms with Crippen molar-refractivity contribution in [1.82, 2.24) is 0 Å². The summed E-state index contributed by atoms with van der Waals surface area (Å²) >= 11 is 6.04. The number of likely N-dealkylation sites (N-methyl/N-ethyl adjacent to an activating group) is 1. The van der Waals surface area contributed by atoms with Crippen molar-refractivity contribution in [2.75, 3.05) is 31.3 Å². The first-order valence-electron chi connectivity index (χ1n) is 8.22. The molecule has 0 spiro atoms. The number of carbonyl (C=O) groups excluding carboxylic acids is 2. The Kier molecular flexibility index (Phi) is 7.00. The molecule has 1 unspecified atom stereocenters. The van der Waals surface area contributed by atoms with Crippen LogP contribution in [0.2, 0.25) is 5.02 Å². The van der Waals surface area contributed by atoms with Gasteiger partial charge in [-0.2, -0.15) is 0 Å². The molecular formula is C19H23ClN3O3+. The number of methoxy groups -OCH3 is 1.